The van der Waals surface area contributed by atoms with E-state index in [-0.39, 0.29) is 11.7 Å². The van der Waals surface area contributed by atoms with Crippen LogP contribution in [0.3, 0.4) is 0 Å². The highest BCUT2D eigenvalue weighted by atomic mass is 79.9. The van der Waals surface area contributed by atoms with Crippen LogP contribution in [0.4, 0.5) is 0 Å². The number of nitrogens with one attached hydrogen (secondary N) is 1. The van der Waals surface area contributed by atoms with Crippen molar-refractivity contribution in [3.05, 3.63) is 34.3 Å². The average molecular weight is 358 g/mol. The Hall–Kier alpha value is -0.420. The minimum Gasteiger partial charge on any atom is -0.373 e. The van der Waals surface area contributed by atoms with Crippen molar-refractivity contribution >= 4 is 15.9 Å². The fourth-order valence-corrected chi connectivity index (χ4v) is 2.28. The van der Waals surface area contributed by atoms with E-state index in [1.807, 2.05) is 12.1 Å². The second-order valence-electron chi connectivity index (χ2n) is 6.44. The van der Waals surface area contributed by atoms with E-state index in [4.69, 9.17) is 9.47 Å². The van der Waals surface area contributed by atoms with Gasteiger partial charge in [-0.05, 0) is 38.5 Å². The lowest BCUT2D eigenvalue weighted by Gasteiger charge is -2.23. The van der Waals surface area contributed by atoms with Gasteiger partial charge in [-0.2, -0.15) is 0 Å². The number of benzene rings is 1. The van der Waals surface area contributed by atoms with Gasteiger partial charge in [-0.25, -0.2) is 0 Å². The molecule has 1 aromatic rings. The molecule has 0 aliphatic carbocycles. The van der Waals surface area contributed by atoms with E-state index >= 15 is 0 Å². The standard InChI is InChI=1S/C17H28BrNO2/c1-13(2)19-12-16(14-7-6-8-15(18)11-14)20-9-10-21-17(3,4)5/h6-8,11,13,16,19H,9-10,12H2,1-5H3. The van der Waals surface area contributed by atoms with Crippen LogP contribution in [-0.4, -0.2) is 31.4 Å². The van der Waals surface area contributed by atoms with Crippen LogP contribution in [-0.2, 0) is 9.47 Å². The molecule has 0 aromatic heterocycles. The molecule has 3 nitrogen and oxygen atoms in total. The van der Waals surface area contributed by atoms with Crippen molar-refractivity contribution in [3.63, 3.8) is 0 Å². The summed E-state index contributed by atoms with van der Waals surface area (Å²) in [5.41, 5.74) is 1.05. The van der Waals surface area contributed by atoms with E-state index in [0.717, 1.165) is 11.0 Å². The maximum atomic E-state index is 6.02. The third-order valence-corrected chi connectivity index (χ3v) is 3.36. The fraction of sp³-hybridized carbons (Fsp3) is 0.647. The summed E-state index contributed by atoms with van der Waals surface area (Å²) in [6, 6.07) is 8.71. The molecule has 1 N–H and O–H groups in total. The highest BCUT2D eigenvalue weighted by Crippen LogP contribution is 2.21. The zero-order valence-corrected chi connectivity index (χ0v) is 15.4. The number of rotatable bonds is 8. The Kier molecular flexibility index (Phi) is 7.88. The van der Waals surface area contributed by atoms with Crippen molar-refractivity contribution < 1.29 is 9.47 Å². The van der Waals surface area contributed by atoms with Gasteiger partial charge in [-0.1, -0.05) is 41.9 Å². The van der Waals surface area contributed by atoms with Crippen molar-refractivity contribution in [2.24, 2.45) is 0 Å². The largest absolute Gasteiger partial charge is 0.373 e. The van der Waals surface area contributed by atoms with Crippen LogP contribution in [0.15, 0.2) is 28.7 Å². The molecule has 0 saturated carbocycles. The van der Waals surface area contributed by atoms with Gasteiger partial charge < -0.3 is 14.8 Å². The van der Waals surface area contributed by atoms with Gasteiger partial charge in [0.05, 0.1) is 24.9 Å². The molecule has 0 amide bonds. The lowest BCUT2D eigenvalue weighted by molar-refractivity contribution is -0.0521. The number of hydrogen-bond acceptors (Lipinski definition) is 3. The maximum absolute atomic E-state index is 6.02. The molecule has 0 fully saturated rings. The second-order valence-corrected chi connectivity index (χ2v) is 7.35. The molecule has 1 aromatic carbocycles. The zero-order chi connectivity index (χ0) is 15.9. The zero-order valence-electron chi connectivity index (χ0n) is 13.8. The van der Waals surface area contributed by atoms with E-state index in [0.29, 0.717) is 19.3 Å². The highest BCUT2D eigenvalue weighted by Gasteiger charge is 2.14. The number of ether oxygens (including phenoxy) is 2. The first-order valence-corrected chi connectivity index (χ1v) is 8.31. The van der Waals surface area contributed by atoms with Crippen LogP contribution in [0.5, 0.6) is 0 Å². The minimum atomic E-state index is -0.120. The van der Waals surface area contributed by atoms with E-state index in [9.17, 15) is 0 Å². The van der Waals surface area contributed by atoms with E-state index in [1.54, 1.807) is 0 Å². The summed E-state index contributed by atoms with van der Waals surface area (Å²) < 4.78 is 12.8. The van der Waals surface area contributed by atoms with Gasteiger partial charge in [0.25, 0.3) is 0 Å². The normalized spacial score (nSPS) is 13.7. The molecular weight excluding hydrogens is 330 g/mol. The number of halogens is 1. The third kappa shape index (κ3) is 8.57. The molecule has 120 valence electrons. The Morgan fingerprint density at radius 2 is 1.90 bits per heavy atom. The summed E-state index contributed by atoms with van der Waals surface area (Å²) in [7, 11) is 0. The van der Waals surface area contributed by atoms with Crippen LogP contribution in [0, 0.1) is 0 Å². The van der Waals surface area contributed by atoms with Crippen molar-refractivity contribution in [1.82, 2.24) is 5.32 Å². The Bertz CT molecular complexity index is 415. The van der Waals surface area contributed by atoms with Crippen LogP contribution >= 0.6 is 15.9 Å². The SMILES string of the molecule is CC(C)NCC(OCCOC(C)(C)C)c1cccc(Br)c1. The van der Waals surface area contributed by atoms with Gasteiger partial charge in [0, 0.05) is 17.1 Å². The lowest BCUT2D eigenvalue weighted by Crippen LogP contribution is -2.30. The summed E-state index contributed by atoms with van der Waals surface area (Å²) in [6.45, 7) is 12.4. The van der Waals surface area contributed by atoms with Crippen LogP contribution in [0.1, 0.15) is 46.3 Å². The first-order chi connectivity index (χ1) is 9.78. The maximum Gasteiger partial charge on any atom is 0.0950 e. The Labute approximate surface area is 137 Å². The lowest BCUT2D eigenvalue weighted by atomic mass is 10.1. The Morgan fingerprint density at radius 3 is 2.48 bits per heavy atom. The predicted molar refractivity (Wildman–Crippen MR) is 91.7 cm³/mol. The molecule has 0 saturated heterocycles. The minimum absolute atomic E-state index is 0.0356. The van der Waals surface area contributed by atoms with Gasteiger partial charge in [0.1, 0.15) is 0 Å². The van der Waals surface area contributed by atoms with Crippen LogP contribution in [0.25, 0.3) is 0 Å². The van der Waals surface area contributed by atoms with Gasteiger partial charge >= 0.3 is 0 Å². The summed E-state index contributed by atoms with van der Waals surface area (Å²) in [6.07, 6.45) is 0.0356. The molecule has 4 heteroatoms. The fourth-order valence-electron chi connectivity index (χ4n) is 1.86. The molecule has 0 spiro atoms. The van der Waals surface area contributed by atoms with Gasteiger partial charge in [0.2, 0.25) is 0 Å². The third-order valence-electron chi connectivity index (χ3n) is 2.87. The van der Waals surface area contributed by atoms with Crippen LogP contribution in [0.2, 0.25) is 0 Å². The molecule has 0 aliphatic heterocycles. The molecule has 1 unspecified atom stereocenters. The summed E-state index contributed by atoms with van der Waals surface area (Å²) >= 11 is 3.52. The summed E-state index contributed by atoms with van der Waals surface area (Å²) in [4.78, 5) is 0. The second kappa shape index (κ2) is 8.89. The molecule has 1 rings (SSSR count). The summed E-state index contributed by atoms with van der Waals surface area (Å²) in [5.74, 6) is 0. The smallest absolute Gasteiger partial charge is 0.0950 e. The van der Waals surface area contributed by atoms with Crippen molar-refractivity contribution in [3.8, 4) is 0 Å². The quantitative estimate of drug-likeness (QED) is 0.702. The van der Waals surface area contributed by atoms with Gasteiger partial charge in [0.15, 0.2) is 0 Å². The highest BCUT2D eigenvalue weighted by molar-refractivity contribution is 9.10. The number of hydrogen-bond donors (Lipinski definition) is 1. The Balaban J connectivity index is 2.56. The average Bonchev–Trinajstić information content (AvgIpc) is 2.36. The molecule has 1 atom stereocenters. The first kappa shape index (κ1) is 18.6. The van der Waals surface area contributed by atoms with E-state index in [1.165, 1.54) is 5.56 Å². The molecule has 0 bridgehead atoms. The molecular formula is C17H28BrNO2. The van der Waals surface area contributed by atoms with Crippen molar-refractivity contribution in [2.75, 3.05) is 19.8 Å². The summed E-state index contributed by atoms with van der Waals surface area (Å²) in [5, 5.41) is 3.44. The molecule has 0 aliphatic rings. The van der Waals surface area contributed by atoms with Gasteiger partial charge in [-0.15, -0.1) is 0 Å². The van der Waals surface area contributed by atoms with Gasteiger partial charge in [-0.3, -0.25) is 0 Å². The molecule has 0 radical (unpaired) electrons. The predicted octanol–water partition coefficient (Wildman–Crippen LogP) is 4.32. The Morgan fingerprint density at radius 1 is 1.19 bits per heavy atom. The van der Waals surface area contributed by atoms with Crippen molar-refractivity contribution in [2.45, 2.75) is 52.4 Å². The first-order valence-electron chi connectivity index (χ1n) is 7.52. The molecule has 21 heavy (non-hydrogen) atoms. The van der Waals surface area contributed by atoms with Crippen LogP contribution < -0.4 is 5.32 Å². The van der Waals surface area contributed by atoms with E-state index < -0.39 is 0 Å². The molecule has 0 heterocycles. The monoisotopic (exact) mass is 357 g/mol. The van der Waals surface area contributed by atoms with Crippen molar-refractivity contribution in [1.29, 1.82) is 0 Å². The topological polar surface area (TPSA) is 30.5 Å². The van der Waals surface area contributed by atoms with E-state index in [2.05, 4.69) is 68.0 Å².